The Kier molecular flexibility index (Phi) is 2.72. The van der Waals surface area contributed by atoms with Crippen molar-refractivity contribution < 1.29 is 13.5 Å². The first-order valence-electron chi connectivity index (χ1n) is 4.52. The molecule has 0 amide bonds. The molecule has 6 heteroatoms. The summed E-state index contributed by atoms with van der Waals surface area (Å²) in [6.07, 6.45) is 1.57. The minimum absolute atomic E-state index is 0.0561. The van der Waals surface area contributed by atoms with Crippen LogP contribution in [0.1, 0.15) is 0 Å². The minimum atomic E-state index is -2.87. The summed E-state index contributed by atoms with van der Waals surface area (Å²) < 4.78 is 30.0. The lowest BCUT2D eigenvalue weighted by molar-refractivity contribution is -0.0498. The summed E-state index contributed by atoms with van der Waals surface area (Å²) in [4.78, 5) is 0. The summed E-state index contributed by atoms with van der Waals surface area (Å²) in [6, 6.07) is 7.93. The smallest absolute Gasteiger partial charge is 0.387 e. The molecule has 0 aliphatic rings. The maximum absolute atomic E-state index is 12.1. The van der Waals surface area contributed by atoms with Crippen molar-refractivity contribution in [1.29, 1.82) is 0 Å². The summed E-state index contributed by atoms with van der Waals surface area (Å²) in [5, 5.41) is 3.92. The minimum Gasteiger partial charge on any atom is -0.433 e. The molecule has 0 unspecified atom stereocenters. The number of ether oxygens (including phenoxy) is 1. The lowest BCUT2D eigenvalue weighted by Gasteiger charge is -2.09. The third-order valence-electron chi connectivity index (χ3n) is 1.94. The van der Waals surface area contributed by atoms with E-state index in [1.54, 1.807) is 30.5 Å². The molecule has 16 heavy (non-hydrogen) atoms. The molecule has 0 radical (unpaired) electrons. The van der Waals surface area contributed by atoms with Crippen LogP contribution in [-0.4, -0.2) is 16.4 Å². The molecule has 0 saturated carbocycles. The van der Waals surface area contributed by atoms with E-state index in [9.17, 15) is 8.78 Å². The summed E-state index contributed by atoms with van der Waals surface area (Å²) >= 11 is 0. The molecule has 1 aromatic heterocycles. The molecule has 2 rings (SSSR count). The van der Waals surface area contributed by atoms with Gasteiger partial charge >= 0.3 is 6.61 Å². The molecule has 0 bridgehead atoms. The summed E-state index contributed by atoms with van der Waals surface area (Å²) in [5.41, 5.74) is 5.86. The zero-order valence-corrected chi connectivity index (χ0v) is 8.18. The van der Waals surface area contributed by atoms with E-state index in [0.29, 0.717) is 11.5 Å². The number of para-hydroxylation sites is 2. The molecule has 2 N–H and O–H groups in total. The molecule has 0 spiro atoms. The van der Waals surface area contributed by atoms with E-state index in [-0.39, 0.29) is 5.75 Å². The van der Waals surface area contributed by atoms with Crippen LogP contribution in [0.5, 0.6) is 5.75 Å². The van der Waals surface area contributed by atoms with E-state index in [0.717, 1.165) is 0 Å². The zero-order chi connectivity index (χ0) is 11.5. The fourth-order valence-corrected chi connectivity index (χ4v) is 1.31. The van der Waals surface area contributed by atoms with Gasteiger partial charge in [-0.2, -0.15) is 13.9 Å². The van der Waals surface area contributed by atoms with Gasteiger partial charge in [0.15, 0.2) is 5.75 Å². The van der Waals surface area contributed by atoms with Crippen molar-refractivity contribution in [1.82, 2.24) is 9.78 Å². The number of nitrogen functional groups attached to an aromatic ring is 1. The van der Waals surface area contributed by atoms with Crippen LogP contribution in [0, 0.1) is 0 Å². The highest BCUT2D eigenvalue weighted by Crippen LogP contribution is 2.23. The molecule has 84 valence electrons. The van der Waals surface area contributed by atoms with Crippen molar-refractivity contribution in [3.05, 3.63) is 36.5 Å². The lowest BCUT2D eigenvalue weighted by atomic mass is 10.3. The highest BCUT2D eigenvalue weighted by molar-refractivity contribution is 5.47. The second-order valence-electron chi connectivity index (χ2n) is 3.03. The largest absolute Gasteiger partial charge is 0.433 e. The number of alkyl halides is 2. The van der Waals surface area contributed by atoms with E-state index < -0.39 is 6.61 Å². The van der Waals surface area contributed by atoms with Crippen molar-refractivity contribution in [2.45, 2.75) is 6.61 Å². The molecular formula is C10H9F2N3O. The van der Waals surface area contributed by atoms with E-state index in [1.807, 2.05) is 0 Å². The first kappa shape index (κ1) is 10.4. The monoisotopic (exact) mass is 225 g/mol. The lowest BCUT2D eigenvalue weighted by Crippen LogP contribution is -2.06. The van der Waals surface area contributed by atoms with Gasteiger partial charge in [0.25, 0.3) is 0 Å². The van der Waals surface area contributed by atoms with Crippen LogP contribution in [0.25, 0.3) is 5.69 Å². The summed E-state index contributed by atoms with van der Waals surface area (Å²) in [5.74, 6) is 0.368. The van der Waals surface area contributed by atoms with Gasteiger partial charge in [0.1, 0.15) is 11.5 Å². The molecule has 0 aliphatic heterocycles. The number of halogens is 2. The highest BCUT2D eigenvalue weighted by atomic mass is 19.3. The van der Waals surface area contributed by atoms with Crippen molar-refractivity contribution in [3.8, 4) is 11.4 Å². The Morgan fingerprint density at radius 3 is 2.62 bits per heavy atom. The number of aromatic nitrogens is 2. The quantitative estimate of drug-likeness (QED) is 0.869. The third-order valence-corrected chi connectivity index (χ3v) is 1.94. The zero-order valence-electron chi connectivity index (χ0n) is 8.18. The number of rotatable bonds is 3. The van der Waals surface area contributed by atoms with E-state index >= 15 is 0 Å². The fraction of sp³-hybridized carbons (Fsp3) is 0.100. The van der Waals surface area contributed by atoms with E-state index in [2.05, 4.69) is 9.84 Å². The molecular weight excluding hydrogens is 216 g/mol. The van der Waals surface area contributed by atoms with Crippen LogP contribution >= 0.6 is 0 Å². The van der Waals surface area contributed by atoms with Gasteiger partial charge in [-0.05, 0) is 12.1 Å². The Morgan fingerprint density at radius 2 is 2.00 bits per heavy atom. The van der Waals surface area contributed by atoms with Gasteiger partial charge in [0.05, 0.1) is 0 Å². The molecule has 1 aromatic carbocycles. The van der Waals surface area contributed by atoms with Crippen LogP contribution in [0.4, 0.5) is 14.6 Å². The normalized spacial score (nSPS) is 10.7. The SMILES string of the molecule is Nc1ccn(-c2ccccc2OC(F)F)n1. The average molecular weight is 225 g/mol. The van der Waals surface area contributed by atoms with E-state index in [1.165, 1.54) is 10.7 Å². The number of nitrogens with two attached hydrogens (primary N) is 1. The van der Waals surface area contributed by atoms with Crippen molar-refractivity contribution in [2.75, 3.05) is 5.73 Å². The van der Waals surface area contributed by atoms with Gasteiger partial charge in [-0.1, -0.05) is 12.1 Å². The van der Waals surface area contributed by atoms with Gasteiger partial charge in [0.2, 0.25) is 0 Å². The Labute approximate surface area is 90.2 Å². The van der Waals surface area contributed by atoms with E-state index in [4.69, 9.17) is 5.73 Å². The van der Waals surface area contributed by atoms with Gasteiger partial charge in [0, 0.05) is 12.3 Å². The van der Waals surface area contributed by atoms with Crippen molar-refractivity contribution >= 4 is 5.82 Å². The summed E-state index contributed by atoms with van der Waals surface area (Å²) in [6.45, 7) is -2.87. The maximum atomic E-state index is 12.1. The first-order chi connectivity index (χ1) is 7.66. The molecule has 4 nitrogen and oxygen atoms in total. The molecule has 1 heterocycles. The number of anilines is 1. The van der Waals surface area contributed by atoms with Gasteiger partial charge in [-0.15, -0.1) is 0 Å². The van der Waals surface area contributed by atoms with Crippen LogP contribution in [0.15, 0.2) is 36.5 Å². The predicted octanol–water partition coefficient (Wildman–Crippen LogP) is 2.06. The maximum Gasteiger partial charge on any atom is 0.387 e. The van der Waals surface area contributed by atoms with Gasteiger partial charge < -0.3 is 10.5 Å². The van der Waals surface area contributed by atoms with Crippen molar-refractivity contribution in [3.63, 3.8) is 0 Å². The Balaban J connectivity index is 2.40. The number of hydrogen-bond donors (Lipinski definition) is 1. The van der Waals surface area contributed by atoms with Gasteiger partial charge in [-0.25, -0.2) is 4.68 Å². The second kappa shape index (κ2) is 4.18. The van der Waals surface area contributed by atoms with Crippen LogP contribution in [0.3, 0.4) is 0 Å². The molecule has 0 atom stereocenters. The topological polar surface area (TPSA) is 53.1 Å². The van der Waals surface area contributed by atoms with Crippen LogP contribution in [-0.2, 0) is 0 Å². The number of nitrogens with zero attached hydrogens (tertiary/aromatic N) is 2. The highest BCUT2D eigenvalue weighted by Gasteiger charge is 2.10. The average Bonchev–Trinajstić information content (AvgIpc) is 2.65. The number of hydrogen-bond acceptors (Lipinski definition) is 3. The number of benzene rings is 1. The third kappa shape index (κ3) is 2.10. The second-order valence-corrected chi connectivity index (χ2v) is 3.03. The Hall–Kier alpha value is -2.11. The standard InChI is InChI=1S/C10H9F2N3O/c11-10(12)16-8-4-2-1-3-7(8)15-6-5-9(13)14-15/h1-6,10H,(H2,13,14). The molecule has 0 aliphatic carbocycles. The summed E-state index contributed by atoms with van der Waals surface area (Å²) in [7, 11) is 0. The molecule has 0 saturated heterocycles. The fourth-order valence-electron chi connectivity index (χ4n) is 1.31. The molecule has 0 fully saturated rings. The first-order valence-corrected chi connectivity index (χ1v) is 4.52. The molecule has 2 aromatic rings. The van der Waals surface area contributed by atoms with Crippen LogP contribution in [0.2, 0.25) is 0 Å². The van der Waals surface area contributed by atoms with Crippen LogP contribution < -0.4 is 10.5 Å². The van der Waals surface area contributed by atoms with Gasteiger partial charge in [-0.3, -0.25) is 0 Å². The Bertz CT molecular complexity index is 484. The van der Waals surface area contributed by atoms with Crippen molar-refractivity contribution in [2.24, 2.45) is 0 Å². The Morgan fingerprint density at radius 1 is 1.25 bits per heavy atom. The predicted molar refractivity (Wildman–Crippen MR) is 54.6 cm³/mol.